The van der Waals surface area contributed by atoms with Crippen molar-refractivity contribution in [3.8, 4) is 0 Å². The Labute approximate surface area is 222 Å². The highest BCUT2D eigenvalue weighted by Gasteiger charge is 2.63. The van der Waals surface area contributed by atoms with Gasteiger partial charge in [0, 0.05) is 40.7 Å². The molecule has 2 bridgehead atoms. The number of hydrogen-bond acceptors (Lipinski definition) is 3. The molecule has 1 amide bonds. The number of aromatic nitrogens is 2. The summed E-state index contributed by atoms with van der Waals surface area (Å²) in [6.45, 7) is 6.04. The number of Topliss-reactive ketones (excluding diaryl/α,β-unsaturated/α-hetero) is 1. The molecular formula is C32H35N3O3. The van der Waals surface area contributed by atoms with E-state index in [0.717, 1.165) is 34.2 Å². The molecule has 1 aromatic carbocycles. The van der Waals surface area contributed by atoms with Crippen LogP contribution in [0.5, 0.6) is 0 Å². The first-order valence-corrected chi connectivity index (χ1v) is 13.6. The number of benzene rings is 1. The lowest BCUT2D eigenvalue weighted by Gasteiger charge is -2.45. The van der Waals surface area contributed by atoms with E-state index in [1.165, 1.54) is 0 Å². The zero-order chi connectivity index (χ0) is 26.6. The maximum absolute atomic E-state index is 14.3. The van der Waals surface area contributed by atoms with Gasteiger partial charge in [-0.15, -0.1) is 0 Å². The second kappa shape index (κ2) is 9.28. The molecule has 1 aliphatic carbocycles. The zero-order valence-electron chi connectivity index (χ0n) is 22.1. The van der Waals surface area contributed by atoms with E-state index >= 15 is 0 Å². The fraction of sp³-hybridized carbons (Fsp3) is 0.375. The predicted octanol–water partition coefficient (Wildman–Crippen LogP) is 5.00. The Balaban J connectivity index is 1.52. The number of aliphatic hydroxyl groups is 1. The van der Waals surface area contributed by atoms with Crippen molar-refractivity contribution < 1.29 is 14.7 Å². The van der Waals surface area contributed by atoms with Crippen molar-refractivity contribution in [1.82, 2.24) is 15.3 Å². The van der Waals surface area contributed by atoms with E-state index in [9.17, 15) is 14.7 Å². The third kappa shape index (κ3) is 3.65. The number of aliphatic hydroxyl groups excluding tert-OH is 1. The summed E-state index contributed by atoms with van der Waals surface area (Å²) >= 11 is 0. The van der Waals surface area contributed by atoms with Crippen LogP contribution in [0.1, 0.15) is 48.9 Å². The van der Waals surface area contributed by atoms with Crippen LogP contribution in [-0.4, -0.2) is 39.4 Å². The quantitative estimate of drug-likeness (QED) is 0.374. The van der Waals surface area contributed by atoms with Crippen LogP contribution in [0.3, 0.4) is 0 Å². The summed E-state index contributed by atoms with van der Waals surface area (Å²) in [7, 11) is 0. The molecule has 196 valence electrons. The van der Waals surface area contributed by atoms with Gasteiger partial charge in [0.15, 0.2) is 0 Å². The highest BCUT2D eigenvalue weighted by atomic mass is 16.3. The predicted molar refractivity (Wildman–Crippen MR) is 149 cm³/mol. The first-order valence-electron chi connectivity index (χ1n) is 13.6. The summed E-state index contributed by atoms with van der Waals surface area (Å²) in [5.74, 6) is -0.288. The van der Waals surface area contributed by atoms with Crippen LogP contribution in [0.4, 0.5) is 0 Å². The normalized spacial score (nSPS) is 31.1. The van der Waals surface area contributed by atoms with Crippen molar-refractivity contribution in [2.24, 2.45) is 23.7 Å². The van der Waals surface area contributed by atoms with Crippen molar-refractivity contribution in [3.05, 3.63) is 95.0 Å². The minimum Gasteiger partial charge on any atom is -0.392 e. The Morgan fingerprint density at radius 2 is 1.89 bits per heavy atom. The number of hydrogen-bond donors (Lipinski definition) is 4. The van der Waals surface area contributed by atoms with Crippen molar-refractivity contribution in [2.75, 3.05) is 6.61 Å². The lowest BCUT2D eigenvalue weighted by molar-refractivity contribution is -0.126. The molecule has 6 heteroatoms. The molecule has 38 heavy (non-hydrogen) atoms. The van der Waals surface area contributed by atoms with E-state index in [0.29, 0.717) is 17.7 Å². The summed E-state index contributed by atoms with van der Waals surface area (Å²) in [4.78, 5) is 34.3. The van der Waals surface area contributed by atoms with Crippen LogP contribution < -0.4 is 5.32 Å². The highest BCUT2D eigenvalue weighted by molar-refractivity contribution is 6.07. The van der Waals surface area contributed by atoms with Gasteiger partial charge in [0.05, 0.1) is 12.3 Å². The second-order valence-corrected chi connectivity index (χ2v) is 11.4. The number of fused-ring (bicyclic) bond motifs is 3. The number of ketones is 1. The number of aromatic amines is 2. The number of carbonyl (C=O) groups excluding carboxylic acids is 2. The van der Waals surface area contributed by atoms with Gasteiger partial charge in [0.2, 0.25) is 11.7 Å². The Kier molecular flexibility index (Phi) is 6.03. The van der Waals surface area contributed by atoms with Gasteiger partial charge in [0.25, 0.3) is 0 Å². The monoisotopic (exact) mass is 509 g/mol. The average Bonchev–Trinajstić information content (AvgIpc) is 3.62. The van der Waals surface area contributed by atoms with Gasteiger partial charge < -0.3 is 20.4 Å². The lowest BCUT2D eigenvalue weighted by atomic mass is 9.55. The number of para-hydroxylation sites is 1. The lowest BCUT2D eigenvalue weighted by Crippen LogP contribution is -2.51. The van der Waals surface area contributed by atoms with E-state index in [1.807, 2.05) is 43.5 Å². The molecule has 2 aromatic heterocycles. The molecule has 0 unspecified atom stereocenters. The van der Waals surface area contributed by atoms with Crippen LogP contribution in [0.2, 0.25) is 0 Å². The van der Waals surface area contributed by atoms with E-state index in [1.54, 1.807) is 0 Å². The van der Waals surface area contributed by atoms with Crippen LogP contribution in [-0.2, 0) is 16.6 Å². The van der Waals surface area contributed by atoms with Gasteiger partial charge in [0.1, 0.15) is 5.41 Å². The van der Waals surface area contributed by atoms with Crippen LogP contribution in [0.25, 0.3) is 10.9 Å². The largest absolute Gasteiger partial charge is 0.392 e. The summed E-state index contributed by atoms with van der Waals surface area (Å²) < 4.78 is 0. The minimum atomic E-state index is -0.913. The molecule has 3 aliphatic rings. The van der Waals surface area contributed by atoms with Crippen molar-refractivity contribution >= 4 is 22.6 Å². The molecule has 4 heterocycles. The van der Waals surface area contributed by atoms with Crippen molar-refractivity contribution in [1.29, 1.82) is 0 Å². The molecule has 6 atom stereocenters. The van der Waals surface area contributed by atoms with Gasteiger partial charge in [-0.2, -0.15) is 0 Å². The van der Waals surface area contributed by atoms with Crippen molar-refractivity contribution in [3.63, 3.8) is 0 Å². The third-order valence-corrected chi connectivity index (χ3v) is 9.11. The van der Waals surface area contributed by atoms with E-state index in [-0.39, 0.29) is 48.0 Å². The van der Waals surface area contributed by atoms with Crippen LogP contribution in [0, 0.1) is 23.7 Å². The van der Waals surface area contributed by atoms with Crippen LogP contribution >= 0.6 is 0 Å². The molecule has 0 radical (unpaired) electrons. The highest BCUT2D eigenvalue weighted by Crippen LogP contribution is 2.55. The topological polar surface area (TPSA) is 98.0 Å². The minimum absolute atomic E-state index is 0.0275. The number of allylic oxidation sites excluding steroid dienone is 5. The Morgan fingerprint density at radius 1 is 1.08 bits per heavy atom. The van der Waals surface area contributed by atoms with E-state index in [4.69, 9.17) is 0 Å². The number of H-pyrrole nitrogens is 2. The fourth-order valence-electron chi connectivity index (χ4n) is 7.30. The van der Waals surface area contributed by atoms with Gasteiger partial charge >= 0.3 is 0 Å². The smallest absolute Gasteiger partial charge is 0.233 e. The summed E-state index contributed by atoms with van der Waals surface area (Å²) in [5, 5.41) is 14.9. The molecule has 3 aromatic rings. The van der Waals surface area contributed by atoms with Gasteiger partial charge in [-0.1, -0.05) is 56.4 Å². The molecule has 6 rings (SSSR count). The van der Waals surface area contributed by atoms with E-state index in [2.05, 4.69) is 59.5 Å². The maximum Gasteiger partial charge on any atom is 0.233 e. The second-order valence-electron chi connectivity index (χ2n) is 11.4. The van der Waals surface area contributed by atoms with Gasteiger partial charge in [-0.25, -0.2) is 0 Å². The Hall–Kier alpha value is -3.64. The number of nitrogens with one attached hydrogen (secondary N) is 3. The molecule has 2 aliphatic heterocycles. The number of carbonyl (C=O) groups is 2. The Morgan fingerprint density at radius 3 is 2.71 bits per heavy atom. The molecule has 4 N–H and O–H groups in total. The first-order chi connectivity index (χ1) is 18.3. The molecule has 6 nitrogen and oxygen atoms in total. The molecular weight excluding hydrogens is 474 g/mol. The summed E-state index contributed by atoms with van der Waals surface area (Å²) in [5.41, 5.74) is 4.26. The SMILES string of the molecule is CC1=C[C@@H](C)CC=C[C@H]2C=C(CO)[C@@H](C)[C@H]3[C@H](Cc4c[nH]c5ccccc45)NC(=O)[C@@]23c2ccc([nH]2)C1=O. The zero-order valence-corrected chi connectivity index (χ0v) is 22.1. The fourth-order valence-corrected chi connectivity index (χ4v) is 7.30. The standard InChI is InChI=1S/C32H35N3O3/c1-18-7-6-8-23-14-22(17-36)20(3)29-27(15-21-16-33-25-10-5-4-9-24(21)25)35-31(38)32(23,29)28-12-11-26(34-28)30(37)19(2)13-18/h4-6,8-14,16,18,20,23,27,29,33-34,36H,7,15,17H2,1-3H3,(H,35,38)/t18-,20+,23-,27-,29-,32+/m0/s1. The van der Waals surface area contributed by atoms with Crippen molar-refractivity contribution in [2.45, 2.75) is 45.1 Å². The number of amides is 1. The first kappa shape index (κ1) is 24.7. The molecule has 1 spiro atoms. The number of rotatable bonds is 3. The third-order valence-electron chi connectivity index (χ3n) is 9.11. The summed E-state index contributed by atoms with van der Waals surface area (Å²) in [6.07, 6.45) is 11.9. The summed E-state index contributed by atoms with van der Waals surface area (Å²) in [6, 6.07) is 11.8. The maximum atomic E-state index is 14.3. The molecule has 1 fully saturated rings. The Bertz CT molecular complexity index is 1500. The van der Waals surface area contributed by atoms with E-state index < -0.39 is 5.41 Å². The van der Waals surface area contributed by atoms with Gasteiger partial charge in [-0.05, 0) is 66.5 Å². The van der Waals surface area contributed by atoms with Crippen LogP contribution in [0.15, 0.2) is 78.0 Å². The average molecular weight is 510 g/mol. The van der Waals surface area contributed by atoms with Gasteiger partial charge in [-0.3, -0.25) is 9.59 Å². The molecule has 0 saturated carbocycles. The molecule has 1 saturated heterocycles.